The Morgan fingerprint density at radius 3 is 2.72 bits per heavy atom. The van der Waals surface area contributed by atoms with Crippen LogP contribution in [0.3, 0.4) is 0 Å². The van der Waals surface area contributed by atoms with Gasteiger partial charge in [-0.05, 0) is 19.4 Å². The number of aryl methyl sites for hydroxylation is 1. The summed E-state index contributed by atoms with van der Waals surface area (Å²) in [5.74, 6) is 0. The van der Waals surface area contributed by atoms with Gasteiger partial charge in [-0.3, -0.25) is 0 Å². The van der Waals surface area contributed by atoms with E-state index in [1.807, 2.05) is 12.4 Å². The molecule has 0 saturated carbocycles. The van der Waals surface area contributed by atoms with Crippen molar-refractivity contribution < 1.29 is 0 Å². The van der Waals surface area contributed by atoms with Crippen molar-refractivity contribution in [1.29, 1.82) is 0 Å². The molecule has 1 aromatic heterocycles. The molecule has 0 unspecified atom stereocenters. The summed E-state index contributed by atoms with van der Waals surface area (Å²) < 4.78 is 1.72. The molecule has 0 aliphatic heterocycles. The highest BCUT2D eigenvalue weighted by Crippen LogP contribution is 2.13. The van der Waals surface area contributed by atoms with Crippen molar-refractivity contribution in [3.8, 4) is 0 Å². The third-order valence-corrected chi connectivity index (χ3v) is 3.03. The maximum atomic E-state index is 4.16. The predicted molar refractivity (Wildman–Crippen MR) is 75.0 cm³/mol. The zero-order valence-electron chi connectivity index (χ0n) is 10.9. The van der Waals surface area contributed by atoms with Gasteiger partial charge in [-0.15, -0.1) is 0 Å². The Morgan fingerprint density at radius 2 is 2.11 bits per heavy atom. The van der Waals surface area contributed by atoms with Crippen LogP contribution in [0.4, 0.5) is 0 Å². The Labute approximate surface area is 108 Å². The molecule has 18 heavy (non-hydrogen) atoms. The molecule has 1 heterocycles. The van der Waals surface area contributed by atoms with Crippen molar-refractivity contribution in [3.63, 3.8) is 0 Å². The first-order chi connectivity index (χ1) is 8.69. The Balaban J connectivity index is 1.93. The summed E-state index contributed by atoms with van der Waals surface area (Å²) in [5.41, 5.74) is 3.75. The minimum absolute atomic E-state index is 0.331. The number of hydrogen-bond donors (Lipinski definition) is 1. The standard InChI is InChI=1S/C15H19N3/c1-4-18-11-14(10-17-18)9-16-13(3)15-7-5-12(2)6-8-15/h4-8,10-11,13,16H,1,9H2,2-3H3/t13-/m0/s1. The van der Waals surface area contributed by atoms with Gasteiger partial charge in [0.25, 0.3) is 0 Å². The molecular formula is C15H19N3. The van der Waals surface area contributed by atoms with Gasteiger partial charge >= 0.3 is 0 Å². The topological polar surface area (TPSA) is 29.9 Å². The lowest BCUT2D eigenvalue weighted by molar-refractivity contribution is 0.574. The Bertz CT molecular complexity index is 511. The molecule has 94 valence electrons. The van der Waals surface area contributed by atoms with E-state index in [0.717, 1.165) is 12.1 Å². The van der Waals surface area contributed by atoms with E-state index in [0.29, 0.717) is 6.04 Å². The fourth-order valence-electron chi connectivity index (χ4n) is 1.81. The van der Waals surface area contributed by atoms with E-state index in [9.17, 15) is 0 Å². The summed E-state index contributed by atoms with van der Waals surface area (Å²) in [6.07, 6.45) is 5.52. The first-order valence-electron chi connectivity index (χ1n) is 6.14. The van der Waals surface area contributed by atoms with E-state index >= 15 is 0 Å². The van der Waals surface area contributed by atoms with Crippen molar-refractivity contribution in [3.05, 3.63) is 59.9 Å². The number of hydrogen-bond acceptors (Lipinski definition) is 2. The molecule has 0 spiro atoms. The van der Waals surface area contributed by atoms with Crippen LogP contribution in [0.25, 0.3) is 6.20 Å². The highest BCUT2D eigenvalue weighted by molar-refractivity contribution is 5.24. The SMILES string of the molecule is C=Cn1cc(CN[C@@H](C)c2ccc(C)cc2)cn1. The molecule has 0 aliphatic carbocycles. The first-order valence-corrected chi connectivity index (χ1v) is 6.14. The normalized spacial score (nSPS) is 12.3. The summed E-state index contributed by atoms with van der Waals surface area (Å²) in [4.78, 5) is 0. The lowest BCUT2D eigenvalue weighted by Gasteiger charge is -2.13. The quantitative estimate of drug-likeness (QED) is 0.871. The summed E-state index contributed by atoms with van der Waals surface area (Å²) in [7, 11) is 0. The van der Waals surface area contributed by atoms with Crippen LogP contribution in [-0.4, -0.2) is 9.78 Å². The molecule has 0 aliphatic rings. The fraction of sp³-hybridized carbons (Fsp3) is 0.267. The lowest BCUT2D eigenvalue weighted by Crippen LogP contribution is -2.17. The first kappa shape index (κ1) is 12.6. The van der Waals surface area contributed by atoms with E-state index in [2.05, 4.69) is 55.1 Å². The average Bonchev–Trinajstić information content (AvgIpc) is 2.85. The molecule has 3 nitrogen and oxygen atoms in total. The van der Waals surface area contributed by atoms with Crippen molar-refractivity contribution >= 4 is 6.20 Å². The van der Waals surface area contributed by atoms with Crippen LogP contribution >= 0.6 is 0 Å². The molecule has 1 N–H and O–H groups in total. The molecule has 2 rings (SSSR count). The number of aromatic nitrogens is 2. The molecule has 0 bridgehead atoms. The fourth-order valence-corrected chi connectivity index (χ4v) is 1.81. The molecule has 0 amide bonds. The van der Waals surface area contributed by atoms with Gasteiger partial charge in [0.2, 0.25) is 0 Å². The number of rotatable bonds is 5. The Hall–Kier alpha value is -1.87. The van der Waals surface area contributed by atoms with Gasteiger partial charge in [0.15, 0.2) is 0 Å². The van der Waals surface area contributed by atoms with Gasteiger partial charge in [-0.25, -0.2) is 4.68 Å². The van der Waals surface area contributed by atoms with Crippen molar-refractivity contribution in [1.82, 2.24) is 15.1 Å². The van der Waals surface area contributed by atoms with Gasteiger partial charge in [-0.2, -0.15) is 5.10 Å². The van der Waals surface area contributed by atoms with E-state index in [1.165, 1.54) is 11.1 Å². The van der Waals surface area contributed by atoms with Gasteiger partial charge in [0, 0.05) is 30.5 Å². The van der Waals surface area contributed by atoms with E-state index in [-0.39, 0.29) is 0 Å². The largest absolute Gasteiger partial charge is 0.306 e. The molecular weight excluding hydrogens is 222 g/mol. The van der Waals surface area contributed by atoms with Gasteiger partial charge < -0.3 is 5.32 Å². The number of nitrogens with one attached hydrogen (secondary N) is 1. The third kappa shape index (κ3) is 3.08. The minimum Gasteiger partial charge on any atom is -0.306 e. The smallest absolute Gasteiger partial charge is 0.0538 e. The number of nitrogens with zero attached hydrogens (tertiary/aromatic N) is 2. The highest BCUT2D eigenvalue weighted by Gasteiger charge is 2.05. The van der Waals surface area contributed by atoms with Crippen LogP contribution in [-0.2, 0) is 6.54 Å². The van der Waals surface area contributed by atoms with E-state index in [1.54, 1.807) is 10.9 Å². The Morgan fingerprint density at radius 1 is 1.39 bits per heavy atom. The molecule has 1 atom stereocenters. The summed E-state index contributed by atoms with van der Waals surface area (Å²) >= 11 is 0. The van der Waals surface area contributed by atoms with Gasteiger partial charge in [0.05, 0.1) is 6.20 Å². The van der Waals surface area contributed by atoms with Crippen LogP contribution in [0.5, 0.6) is 0 Å². The van der Waals surface area contributed by atoms with Crippen LogP contribution in [0, 0.1) is 6.92 Å². The zero-order chi connectivity index (χ0) is 13.0. The molecule has 3 heteroatoms. The second-order valence-corrected chi connectivity index (χ2v) is 4.52. The summed E-state index contributed by atoms with van der Waals surface area (Å²) in [6, 6.07) is 8.95. The molecule has 2 aromatic rings. The van der Waals surface area contributed by atoms with Crippen LogP contribution in [0.2, 0.25) is 0 Å². The molecule has 0 fully saturated rings. The van der Waals surface area contributed by atoms with Crippen molar-refractivity contribution in [2.45, 2.75) is 26.4 Å². The number of benzene rings is 1. The van der Waals surface area contributed by atoms with Gasteiger partial charge in [0.1, 0.15) is 0 Å². The van der Waals surface area contributed by atoms with Gasteiger partial charge in [-0.1, -0.05) is 36.4 Å². The monoisotopic (exact) mass is 241 g/mol. The highest BCUT2D eigenvalue weighted by atomic mass is 15.2. The molecule has 0 radical (unpaired) electrons. The summed E-state index contributed by atoms with van der Waals surface area (Å²) in [5, 5.41) is 7.64. The average molecular weight is 241 g/mol. The van der Waals surface area contributed by atoms with Crippen LogP contribution in [0.15, 0.2) is 43.2 Å². The second-order valence-electron chi connectivity index (χ2n) is 4.52. The zero-order valence-corrected chi connectivity index (χ0v) is 10.9. The van der Waals surface area contributed by atoms with Crippen molar-refractivity contribution in [2.75, 3.05) is 0 Å². The molecule has 1 aromatic carbocycles. The predicted octanol–water partition coefficient (Wildman–Crippen LogP) is 3.14. The van der Waals surface area contributed by atoms with Crippen LogP contribution < -0.4 is 5.32 Å². The Kier molecular flexibility index (Phi) is 3.95. The van der Waals surface area contributed by atoms with Crippen molar-refractivity contribution in [2.24, 2.45) is 0 Å². The maximum Gasteiger partial charge on any atom is 0.0538 e. The second kappa shape index (κ2) is 5.65. The van der Waals surface area contributed by atoms with E-state index < -0.39 is 0 Å². The minimum atomic E-state index is 0.331. The lowest BCUT2D eigenvalue weighted by atomic mass is 10.1. The maximum absolute atomic E-state index is 4.16. The van der Waals surface area contributed by atoms with Crippen LogP contribution in [0.1, 0.15) is 29.7 Å². The summed E-state index contributed by atoms with van der Waals surface area (Å²) in [6.45, 7) is 8.76. The molecule has 0 saturated heterocycles. The van der Waals surface area contributed by atoms with E-state index in [4.69, 9.17) is 0 Å². The third-order valence-electron chi connectivity index (χ3n) is 3.03.